The van der Waals surface area contributed by atoms with Crippen molar-refractivity contribution in [1.82, 2.24) is 14.3 Å². The van der Waals surface area contributed by atoms with E-state index in [4.69, 9.17) is 11.6 Å². The summed E-state index contributed by atoms with van der Waals surface area (Å²) in [6.45, 7) is 0.632. The van der Waals surface area contributed by atoms with Crippen LogP contribution in [0.15, 0.2) is 24.7 Å². The van der Waals surface area contributed by atoms with Crippen LogP contribution in [-0.4, -0.2) is 14.3 Å². The number of fused-ring (bicyclic) bond motifs is 1. The van der Waals surface area contributed by atoms with Crippen molar-refractivity contribution in [1.29, 1.82) is 0 Å². The van der Waals surface area contributed by atoms with Crippen LogP contribution in [0.1, 0.15) is 5.01 Å². The summed E-state index contributed by atoms with van der Waals surface area (Å²) in [5, 5.41) is 5.26. The molecule has 0 radical (unpaired) electrons. The van der Waals surface area contributed by atoms with Gasteiger partial charge in [0.15, 0.2) is 0 Å². The van der Waals surface area contributed by atoms with Gasteiger partial charge in [-0.25, -0.2) is 9.97 Å². The summed E-state index contributed by atoms with van der Waals surface area (Å²) in [5.41, 5.74) is 0. The predicted molar refractivity (Wildman–Crippen MR) is 71.9 cm³/mol. The summed E-state index contributed by atoms with van der Waals surface area (Å²) in [6, 6.07) is 1.98. The third-order valence-electron chi connectivity index (χ3n) is 2.19. The molecule has 0 saturated carbocycles. The molecule has 0 aliphatic carbocycles. The number of nitrogens with zero attached hydrogens (tertiary/aromatic N) is 3. The van der Waals surface area contributed by atoms with Crippen LogP contribution in [0.5, 0.6) is 0 Å². The van der Waals surface area contributed by atoms with Crippen LogP contribution in [0.3, 0.4) is 0 Å². The highest BCUT2D eigenvalue weighted by Gasteiger charge is 2.02. The molecule has 0 fully saturated rings. The van der Waals surface area contributed by atoms with Crippen molar-refractivity contribution in [3.63, 3.8) is 0 Å². The monoisotopic (exact) mass is 282 g/mol. The van der Waals surface area contributed by atoms with Crippen LogP contribution in [0.4, 0.5) is 5.82 Å². The number of thiazole rings is 1. The molecule has 3 aromatic rings. The highest BCUT2D eigenvalue weighted by atomic mass is 35.5. The SMILES string of the molecule is Clc1cnc(CNc2cc3cnsc3cn2)s1. The average Bonchev–Trinajstić information content (AvgIpc) is 2.94. The summed E-state index contributed by atoms with van der Waals surface area (Å²) in [5.74, 6) is 0.823. The van der Waals surface area contributed by atoms with Gasteiger partial charge >= 0.3 is 0 Å². The number of hydrogen-bond donors (Lipinski definition) is 1. The Labute approximate surface area is 110 Å². The van der Waals surface area contributed by atoms with E-state index < -0.39 is 0 Å². The molecule has 3 aromatic heterocycles. The molecular weight excluding hydrogens is 276 g/mol. The van der Waals surface area contributed by atoms with Gasteiger partial charge in [-0.2, -0.15) is 4.37 Å². The molecule has 17 heavy (non-hydrogen) atoms. The van der Waals surface area contributed by atoms with Gasteiger partial charge in [-0.15, -0.1) is 11.3 Å². The minimum Gasteiger partial charge on any atom is -0.364 e. The molecule has 1 N–H and O–H groups in total. The number of aromatic nitrogens is 3. The molecule has 3 rings (SSSR count). The minimum atomic E-state index is 0.632. The quantitative estimate of drug-likeness (QED) is 0.800. The van der Waals surface area contributed by atoms with Gasteiger partial charge in [0.2, 0.25) is 0 Å². The second-order valence-electron chi connectivity index (χ2n) is 3.34. The summed E-state index contributed by atoms with van der Waals surface area (Å²) < 4.78 is 5.90. The van der Waals surface area contributed by atoms with Crippen molar-refractivity contribution in [3.05, 3.63) is 34.0 Å². The largest absolute Gasteiger partial charge is 0.364 e. The fourth-order valence-electron chi connectivity index (χ4n) is 1.41. The third kappa shape index (κ3) is 2.38. The standard InChI is InChI=1S/C10H7ClN4S2/c11-8-4-14-10(16-8)5-13-9-1-6-2-15-17-7(6)3-12-9/h1-4H,5H2,(H,12,13). The van der Waals surface area contributed by atoms with Crippen LogP contribution in [0.2, 0.25) is 4.34 Å². The van der Waals surface area contributed by atoms with Gasteiger partial charge in [0.25, 0.3) is 0 Å². The molecule has 3 heterocycles. The molecule has 7 heteroatoms. The van der Waals surface area contributed by atoms with E-state index in [1.807, 2.05) is 18.5 Å². The first-order valence-corrected chi connectivity index (χ1v) is 6.82. The van der Waals surface area contributed by atoms with Crippen molar-refractivity contribution in [3.8, 4) is 0 Å². The Morgan fingerprint density at radius 2 is 2.18 bits per heavy atom. The molecule has 0 aliphatic rings. The Morgan fingerprint density at radius 1 is 1.24 bits per heavy atom. The highest BCUT2D eigenvalue weighted by molar-refractivity contribution is 7.15. The van der Waals surface area contributed by atoms with Gasteiger partial charge < -0.3 is 5.32 Å². The number of hydrogen-bond acceptors (Lipinski definition) is 6. The normalized spacial score (nSPS) is 10.9. The van der Waals surface area contributed by atoms with Crippen LogP contribution < -0.4 is 5.32 Å². The van der Waals surface area contributed by atoms with Crippen LogP contribution in [0, 0.1) is 0 Å². The molecule has 0 atom stereocenters. The second-order valence-corrected chi connectivity index (χ2v) is 5.92. The lowest BCUT2D eigenvalue weighted by atomic mass is 10.3. The van der Waals surface area contributed by atoms with Crippen molar-refractivity contribution in [2.24, 2.45) is 0 Å². The molecule has 0 unspecified atom stereocenters. The molecule has 0 bridgehead atoms. The molecule has 86 valence electrons. The zero-order chi connectivity index (χ0) is 11.7. The van der Waals surface area contributed by atoms with E-state index in [2.05, 4.69) is 19.7 Å². The number of pyridine rings is 1. The maximum atomic E-state index is 5.81. The fourth-order valence-corrected chi connectivity index (χ4v) is 2.90. The van der Waals surface area contributed by atoms with E-state index >= 15 is 0 Å². The molecule has 0 aliphatic heterocycles. The third-order valence-corrected chi connectivity index (χ3v) is 4.05. The van der Waals surface area contributed by atoms with Gasteiger partial charge in [0.1, 0.15) is 15.2 Å². The highest BCUT2D eigenvalue weighted by Crippen LogP contribution is 2.21. The van der Waals surface area contributed by atoms with Gasteiger partial charge in [-0.05, 0) is 17.6 Å². The summed E-state index contributed by atoms with van der Waals surface area (Å²) >= 11 is 8.72. The van der Waals surface area contributed by atoms with E-state index in [1.54, 1.807) is 6.20 Å². The topological polar surface area (TPSA) is 50.7 Å². The van der Waals surface area contributed by atoms with Crippen molar-refractivity contribution in [2.75, 3.05) is 5.32 Å². The summed E-state index contributed by atoms with van der Waals surface area (Å²) in [4.78, 5) is 8.47. The average molecular weight is 283 g/mol. The Morgan fingerprint density at radius 3 is 3.00 bits per heavy atom. The Kier molecular flexibility index (Phi) is 2.92. The number of nitrogens with one attached hydrogen (secondary N) is 1. The molecule has 0 spiro atoms. The Bertz CT molecular complexity index is 648. The van der Waals surface area contributed by atoms with Gasteiger partial charge in [-0.1, -0.05) is 11.6 Å². The smallest absolute Gasteiger partial charge is 0.126 e. The fraction of sp³-hybridized carbons (Fsp3) is 0.100. The second kappa shape index (κ2) is 4.56. The predicted octanol–water partition coefficient (Wildman–Crippen LogP) is 3.41. The van der Waals surface area contributed by atoms with E-state index in [0.29, 0.717) is 10.9 Å². The van der Waals surface area contributed by atoms with Gasteiger partial charge in [-0.3, -0.25) is 0 Å². The molecule has 0 aromatic carbocycles. The molecule has 0 saturated heterocycles. The van der Waals surface area contributed by atoms with Crippen molar-refractivity contribution < 1.29 is 0 Å². The molecule has 0 amide bonds. The van der Waals surface area contributed by atoms with E-state index in [0.717, 1.165) is 20.9 Å². The maximum absolute atomic E-state index is 5.81. The molecule has 4 nitrogen and oxygen atoms in total. The Balaban J connectivity index is 1.76. The molecular formula is C10H7ClN4S2. The van der Waals surface area contributed by atoms with Crippen LogP contribution >= 0.6 is 34.5 Å². The van der Waals surface area contributed by atoms with Crippen LogP contribution in [0.25, 0.3) is 10.1 Å². The number of anilines is 1. The van der Waals surface area contributed by atoms with E-state index in [9.17, 15) is 0 Å². The first-order valence-electron chi connectivity index (χ1n) is 4.86. The van der Waals surface area contributed by atoms with Crippen molar-refractivity contribution >= 4 is 50.4 Å². The lowest BCUT2D eigenvalue weighted by Crippen LogP contribution is -2.00. The first-order chi connectivity index (χ1) is 8.31. The number of rotatable bonds is 3. The summed E-state index contributed by atoms with van der Waals surface area (Å²) in [6.07, 6.45) is 5.32. The number of halogens is 1. The lowest BCUT2D eigenvalue weighted by molar-refractivity contribution is 1.08. The Hall–Kier alpha value is -1.24. The van der Waals surface area contributed by atoms with Gasteiger partial charge in [0, 0.05) is 17.8 Å². The van der Waals surface area contributed by atoms with Gasteiger partial charge in [0.05, 0.1) is 17.4 Å². The van der Waals surface area contributed by atoms with Crippen LogP contribution in [-0.2, 0) is 6.54 Å². The zero-order valence-corrected chi connectivity index (χ0v) is 10.9. The van der Waals surface area contributed by atoms with E-state index in [1.165, 1.54) is 22.9 Å². The summed E-state index contributed by atoms with van der Waals surface area (Å²) in [7, 11) is 0. The zero-order valence-electron chi connectivity index (χ0n) is 8.55. The minimum absolute atomic E-state index is 0.632. The van der Waals surface area contributed by atoms with E-state index in [-0.39, 0.29) is 0 Å². The first kappa shape index (κ1) is 10.9. The lowest BCUT2D eigenvalue weighted by Gasteiger charge is -2.02. The maximum Gasteiger partial charge on any atom is 0.126 e. The van der Waals surface area contributed by atoms with Crippen molar-refractivity contribution in [2.45, 2.75) is 6.54 Å².